The highest BCUT2D eigenvalue weighted by atomic mass is 16.8. The number of nitrogens with zero attached hydrogens (tertiary/aromatic N) is 3. The molecule has 5 aromatic carbocycles. The Morgan fingerprint density at radius 1 is 0.563 bits per heavy atom. The molecule has 14 atom stereocenters. The van der Waals surface area contributed by atoms with Crippen LogP contribution in [-0.4, -0.2) is 110 Å². The van der Waals surface area contributed by atoms with Crippen LogP contribution in [0.3, 0.4) is 0 Å². The monoisotopic (exact) mass is 973 g/mol. The molecule has 16 heteroatoms. The molecule has 4 heterocycles. The molecule has 0 aliphatic carbocycles. The second-order valence-corrected chi connectivity index (χ2v) is 18.6. The van der Waals surface area contributed by atoms with Crippen LogP contribution in [0.2, 0.25) is 0 Å². The van der Waals surface area contributed by atoms with Crippen molar-refractivity contribution in [1.29, 1.82) is 0 Å². The number of ether oxygens (including phenoxy) is 12. The third kappa shape index (κ3) is 13.3. The minimum atomic E-state index is -1.56. The van der Waals surface area contributed by atoms with Crippen molar-refractivity contribution >= 4 is 0 Å². The van der Waals surface area contributed by atoms with Crippen molar-refractivity contribution in [3.63, 3.8) is 0 Å². The number of aliphatic hydroxyl groups excluding tert-OH is 1. The molecule has 4 aliphatic rings. The van der Waals surface area contributed by atoms with Crippen LogP contribution in [0.4, 0.5) is 0 Å². The molecular formula is C55H63N3O13. The molecule has 4 saturated heterocycles. The Hall–Kier alpha value is -5.11. The van der Waals surface area contributed by atoms with E-state index in [2.05, 4.69) is 10.0 Å². The number of hydrogen-bond acceptors (Lipinski definition) is 14. The standard InChI is InChI=1S/C55H63N3O13/c1-36-45(68-53-50(64-33-41-27-17-8-18-28-41)46(62-31-39-23-13-6-14-24-39)43(35-65-53)61-30-38-21-11-5-12-22-38)48-51(71-55(2,3)70-48)54(66-36)69-49-47(63-32-40-25-15-7-16-26-40)44(57-58-56)42(67-52(49)59)34-60-29-37-19-9-4-10-20-37/h4-28,36,42-54,59H,29-35H2,1-3H3/t36-,42-,43-,44+,45+,46?,47?,48?,49?,50?,51?,52?,53+,54+/m1/s1. The van der Waals surface area contributed by atoms with Crippen molar-refractivity contribution in [3.05, 3.63) is 190 Å². The van der Waals surface area contributed by atoms with Crippen LogP contribution < -0.4 is 0 Å². The maximum Gasteiger partial charge on any atom is 0.187 e. The number of aliphatic hydroxyl groups is 1. The molecule has 0 spiro atoms. The van der Waals surface area contributed by atoms with Gasteiger partial charge in [0.15, 0.2) is 24.7 Å². The van der Waals surface area contributed by atoms with E-state index in [0.29, 0.717) is 13.2 Å². The van der Waals surface area contributed by atoms with Crippen molar-refractivity contribution in [3.8, 4) is 0 Å². The lowest BCUT2D eigenvalue weighted by Gasteiger charge is -2.48. The van der Waals surface area contributed by atoms with Gasteiger partial charge in [-0.2, -0.15) is 0 Å². The van der Waals surface area contributed by atoms with E-state index in [9.17, 15) is 10.6 Å². The normalized spacial score (nSPS) is 31.3. The zero-order valence-corrected chi connectivity index (χ0v) is 40.2. The Morgan fingerprint density at radius 3 is 1.56 bits per heavy atom. The molecule has 1 N–H and O–H groups in total. The maximum atomic E-state index is 11.8. The predicted octanol–water partition coefficient (Wildman–Crippen LogP) is 8.33. The Kier molecular flexibility index (Phi) is 17.6. The molecule has 0 radical (unpaired) electrons. The molecule has 16 nitrogen and oxygen atoms in total. The lowest BCUT2D eigenvalue weighted by atomic mass is 9.95. The molecule has 4 aliphatic heterocycles. The van der Waals surface area contributed by atoms with E-state index in [1.807, 2.05) is 159 Å². The average Bonchev–Trinajstić information content (AvgIpc) is 3.73. The molecule has 9 rings (SSSR count). The molecule has 0 saturated carbocycles. The number of azide groups is 1. The average molecular weight is 974 g/mol. The molecule has 4 fully saturated rings. The van der Waals surface area contributed by atoms with Crippen LogP contribution in [0, 0.1) is 0 Å². The largest absolute Gasteiger partial charge is 0.374 e. The highest BCUT2D eigenvalue weighted by Crippen LogP contribution is 2.42. The van der Waals surface area contributed by atoms with E-state index in [-0.39, 0.29) is 33.0 Å². The topological polar surface area (TPSA) is 180 Å². The summed E-state index contributed by atoms with van der Waals surface area (Å²) in [5, 5.41) is 16.0. The number of fused-ring (bicyclic) bond motifs is 1. The van der Waals surface area contributed by atoms with E-state index in [1.54, 1.807) is 13.8 Å². The fourth-order valence-corrected chi connectivity index (χ4v) is 9.43. The van der Waals surface area contributed by atoms with E-state index in [4.69, 9.17) is 56.8 Å². The van der Waals surface area contributed by atoms with Crippen LogP contribution in [0.1, 0.15) is 48.6 Å². The molecule has 5 aromatic rings. The molecule has 0 aromatic heterocycles. The summed E-state index contributed by atoms with van der Waals surface area (Å²) in [5.74, 6) is -1.11. The summed E-state index contributed by atoms with van der Waals surface area (Å²) in [4.78, 5) is 3.18. The first-order valence-corrected chi connectivity index (χ1v) is 24.3. The van der Waals surface area contributed by atoms with E-state index < -0.39 is 91.7 Å². The van der Waals surface area contributed by atoms with E-state index >= 15 is 0 Å². The Balaban J connectivity index is 0.958. The van der Waals surface area contributed by atoms with E-state index in [1.165, 1.54) is 0 Å². The van der Waals surface area contributed by atoms with Crippen molar-refractivity contribution in [2.75, 3.05) is 13.2 Å². The Labute approximate surface area is 414 Å². The number of hydrogen-bond donors (Lipinski definition) is 1. The summed E-state index contributed by atoms with van der Waals surface area (Å²) in [6, 6.07) is 48.0. The van der Waals surface area contributed by atoms with Gasteiger partial charge in [-0.3, -0.25) is 0 Å². The van der Waals surface area contributed by atoms with Gasteiger partial charge in [0, 0.05) is 4.91 Å². The minimum Gasteiger partial charge on any atom is -0.374 e. The van der Waals surface area contributed by atoms with Gasteiger partial charge in [0.1, 0.15) is 48.8 Å². The van der Waals surface area contributed by atoms with Gasteiger partial charge in [-0.1, -0.05) is 157 Å². The van der Waals surface area contributed by atoms with Crippen molar-refractivity contribution < 1.29 is 61.9 Å². The fraction of sp³-hybridized carbons (Fsp3) is 0.455. The van der Waals surface area contributed by atoms with Gasteiger partial charge in [-0.15, -0.1) is 0 Å². The molecule has 0 bridgehead atoms. The third-order valence-electron chi connectivity index (χ3n) is 12.9. The van der Waals surface area contributed by atoms with Crippen LogP contribution in [-0.2, 0) is 89.9 Å². The lowest BCUT2D eigenvalue weighted by Crippen LogP contribution is -2.64. The predicted molar refractivity (Wildman–Crippen MR) is 258 cm³/mol. The summed E-state index contributed by atoms with van der Waals surface area (Å²) in [6.45, 7) is 6.86. The van der Waals surface area contributed by atoms with Crippen LogP contribution >= 0.6 is 0 Å². The number of rotatable bonds is 21. The van der Waals surface area contributed by atoms with Gasteiger partial charge in [0.2, 0.25) is 0 Å². The molecule has 7 unspecified atom stereocenters. The molecule has 71 heavy (non-hydrogen) atoms. The lowest BCUT2D eigenvalue weighted by molar-refractivity contribution is -0.364. The van der Waals surface area contributed by atoms with Crippen LogP contribution in [0.5, 0.6) is 0 Å². The van der Waals surface area contributed by atoms with E-state index in [0.717, 1.165) is 27.8 Å². The van der Waals surface area contributed by atoms with Gasteiger partial charge < -0.3 is 61.9 Å². The summed E-state index contributed by atoms with van der Waals surface area (Å²) in [5.41, 5.74) is 14.6. The maximum absolute atomic E-state index is 11.8. The highest BCUT2D eigenvalue weighted by Gasteiger charge is 2.59. The summed E-state index contributed by atoms with van der Waals surface area (Å²) >= 11 is 0. The zero-order chi connectivity index (χ0) is 49.0. The minimum absolute atomic E-state index is 0.00325. The Morgan fingerprint density at radius 2 is 1.03 bits per heavy atom. The van der Waals surface area contributed by atoms with Crippen molar-refractivity contribution in [2.24, 2.45) is 5.11 Å². The second kappa shape index (κ2) is 24.5. The van der Waals surface area contributed by atoms with Crippen molar-refractivity contribution in [1.82, 2.24) is 0 Å². The Bertz CT molecular complexity index is 2410. The van der Waals surface area contributed by atoms with Gasteiger partial charge in [0.25, 0.3) is 0 Å². The second-order valence-electron chi connectivity index (χ2n) is 18.6. The molecule has 376 valence electrons. The molecular weight excluding hydrogens is 911 g/mol. The van der Waals surface area contributed by atoms with Gasteiger partial charge in [0.05, 0.1) is 64.5 Å². The first-order chi connectivity index (χ1) is 34.7. The van der Waals surface area contributed by atoms with Crippen molar-refractivity contribution in [2.45, 2.75) is 146 Å². The molecule has 0 amide bonds. The van der Waals surface area contributed by atoms with Gasteiger partial charge in [-0.05, 0) is 54.1 Å². The first kappa shape index (κ1) is 50.8. The number of benzene rings is 5. The summed E-state index contributed by atoms with van der Waals surface area (Å²) in [6.07, 6.45) is -11.9. The summed E-state index contributed by atoms with van der Waals surface area (Å²) in [7, 11) is 0. The fourth-order valence-electron chi connectivity index (χ4n) is 9.43. The third-order valence-corrected chi connectivity index (χ3v) is 12.9. The van der Waals surface area contributed by atoms with Crippen LogP contribution in [0.25, 0.3) is 10.4 Å². The summed E-state index contributed by atoms with van der Waals surface area (Å²) < 4.78 is 79.1. The van der Waals surface area contributed by atoms with Gasteiger partial charge >= 0.3 is 0 Å². The smallest absolute Gasteiger partial charge is 0.187 e. The van der Waals surface area contributed by atoms with Gasteiger partial charge in [-0.25, -0.2) is 0 Å². The SMILES string of the molecule is C[C@H]1O[C@@H](OC2C(O)O[C@H](COCc3ccccc3)[C@H](N=[N+]=[N-])C2OCc2ccccc2)C2OC(C)(C)OC2[C@H]1O[C@@H]1OC[C@@H](OCc2ccccc2)C(OCc2ccccc2)C1OCc1ccccc1. The quantitative estimate of drug-likeness (QED) is 0.0422. The van der Waals surface area contributed by atoms with Crippen LogP contribution in [0.15, 0.2) is 157 Å². The first-order valence-electron chi connectivity index (χ1n) is 24.3. The highest BCUT2D eigenvalue weighted by molar-refractivity contribution is 5.17. The zero-order valence-electron chi connectivity index (χ0n) is 40.2.